The molecule has 0 radical (unpaired) electrons. The lowest BCUT2D eigenvalue weighted by Gasteiger charge is -2.21. The largest absolute Gasteiger partial charge is 0.306 e. The fraction of sp³-hybridized carbons (Fsp3) is 0.368. The molecule has 0 aliphatic heterocycles. The van der Waals surface area contributed by atoms with Gasteiger partial charge >= 0.3 is 0 Å². The van der Waals surface area contributed by atoms with Crippen LogP contribution >= 0.6 is 15.9 Å². The van der Waals surface area contributed by atoms with E-state index in [-0.39, 0.29) is 0 Å². The predicted octanol–water partition coefficient (Wildman–Crippen LogP) is 5.63. The first-order chi connectivity index (χ1) is 10.1. The zero-order chi connectivity index (χ0) is 15.2. The Morgan fingerprint density at radius 1 is 1.05 bits per heavy atom. The first kappa shape index (κ1) is 16.3. The fourth-order valence-electron chi connectivity index (χ4n) is 2.55. The Labute approximate surface area is 136 Å². The highest BCUT2D eigenvalue weighted by molar-refractivity contribution is 9.10. The third-order valence-corrected chi connectivity index (χ3v) is 4.57. The maximum Gasteiger partial charge on any atom is 0.0325 e. The fourth-order valence-corrected chi connectivity index (χ4v) is 2.80. The van der Waals surface area contributed by atoms with Crippen molar-refractivity contribution < 1.29 is 0 Å². The number of halogens is 1. The first-order valence-electron chi connectivity index (χ1n) is 7.59. The van der Waals surface area contributed by atoms with Gasteiger partial charge in [-0.25, -0.2) is 0 Å². The van der Waals surface area contributed by atoms with Gasteiger partial charge in [0.2, 0.25) is 0 Å². The molecule has 0 aliphatic rings. The second kappa shape index (κ2) is 7.77. The van der Waals surface area contributed by atoms with Crippen molar-refractivity contribution in [2.45, 2.75) is 39.8 Å². The van der Waals surface area contributed by atoms with Crippen molar-refractivity contribution in [1.82, 2.24) is 5.32 Å². The zero-order valence-electron chi connectivity index (χ0n) is 13.1. The molecule has 0 aliphatic carbocycles. The normalized spacial score (nSPS) is 12.6. The van der Waals surface area contributed by atoms with Crippen LogP contribution in [0.5, 0.6) is 0 Å². The molecule has 1 nitrogen and oxygen atoms in total. The van der Waals surface area contributed by atoms with E-state index in [4.69, 9.17) is 0 Å². The maximum atomic E-state index is 3.72. The molecule has 0 saturated carbocycles. The van der Waals surface area contributed by atoms with E-state index in [1.165, 1.54) is 21.2 Å². The highest BCUT2D eigenvalue weighted by atomic mass is 79.9. The Morgan fingerprint density at radius 2 is 1.76 bits per heavy atom. The predicted molar refractivity (Wildman–Crippen MR) is 94.4 cm³/mol. The van der Waals surface area contributed by atoms with E-state index < -0.39 is 0 Å². The van der Waals surface area contributed by atoms with Gasteiger partial charge < -0.3 is 5.32 Å². The molecule has 2 rings (SSSR count). The van der Waals surface area contributed by atoms with E-state index in [2.05, 4.69) is 90.5 Å². The van der Waals surface area contributed by atoms with E-state index in [1.807, 2.05) is 0 Å². The summed E-state index contributed by atoms with van der Waals surface area (Å²) in [6.07, 6.45) is 1.15. The van der Waals surface area contributed by atoms with Gasteiger partial charge in [-0.05, 0) is 42.0 Å². The van der Waals surface area contributed by atoms with Crippen LogP contribution in [0.15, 0.2) is 53.0 Å². The molecule has 0 saturated heterocycles. The summed E-state index contributed by atoms with van der Waals surface area (Å²) < 4.78 is 1.17. The van der Waals surface area contributed by atoms with E-state index in [9.17, 15) is 0 Å². The molecule has 0 heterocycles. The summed E-state index contributed by atoms with van der Waals surface area (Å²) in [7, 11) is 0. The van der Waals surface area contributed by atoms with Crippen LogP contribution < -0.4 is 5.32 Å². The van der Waals surface area contributed by atoms with Gasteiger partial charge in [-0.2, -0.15) is 0 Å². The number of hydrogen-bond donors (Lipinski definition) is 1. The van der Waals surface area contributed by atoms with Crippen LogP contribution in [0.2, 0.25) is 0 Å². The zero-order valence-corrected chi connectivity index (χ0v) is 14.7. The SMILES string of the molecule is Cc1cc(CNC(CC(C)C)c2ccccc2)ccc1Br. The molecular weight excluding hydrogens is 322 g/mol. The minimum absolute atomic E-state index is 0.412. The average molecular weight is 346 g/mol. The first-order valence-corrected chi connectivity index (χ1v) is 8.39. The van der Waals surface area contributed by atoms with E-state index in [0.717, 1.165) is 13.0 Å². The number of benzene rings is 2. The van der Waals surface area contributed by atoms with Gasteiger partial charge in [0.15, 0.2) is 0 Å². The van der Waals surface area contributed by atoms with Crippen molar-refractivity contribution in [1.29, 1.82) is 0 Å². The Morgan fingerprint density at radius 3 is 2.38 bits per heavy atom. The van der Waals surface area contributed by atoms with Crippen molar-refractivity contribution >= 4 is 15.9 Å². The Kier molecular flexibility index (Phi) is 6.01. The molecular formula is C19H24BrN. The third-order valence-electron chi connectivity index (χ3n) is 3.68. The Hall–Kier alpha value is -1.12. The van der Waals surface area contributed by atoms with Crippen LogP contribution in [0.25, 0.3) is 0 Å². The van der Waals surface area contributed by atoms with Crippen molar-refractivity contribution in [3.8, 4) is 0 Å². The molecule has 1 unspecified atom stereocenters. The summed E-state index contributed by atoms with van der Waals surface area (Å²) in [5.41, 5.74) is 4.00. The topological polar surface area (TPSA) is 12.0 Å². The monoisotopic (exact) mass is 345 g/mol. The molecule has 0 amide bonds. The van der Waals surface area contributed by atoms with Gasteiger partial charge in [-0.15, -0.1) is 0 Å². The summed E-state index contributed by atoms with van der Waals surface area (Å²) in [4.78, 5) is 0. The molecule has 1 atom stereocenters. The van der Waals surface area contributed by atoms with Crippen molar-refractivity contribution in [3.63, 3.8) is 0 Å². The van der Waals surface area contributed by atoms with Crippen LogP contribution in [0.1, 0.15) is 43.0 Å². The van der Waals surface area contributed by atoms with Crippen LogP contribution in [0, 0.1) is 12.8 Å². The van der Waals surface area contributed by atoms with Crippen LogP contribution in [0.3, 0.4) is 0 Å². The lowest BCUT2D eigenvalue weighted by atomic mass is 9.96. The molecule has 21 heavy (non-hydrogen) atoms. The third kappa shape index (κ3) is 4.98. The molecule has 0 spiro atoms. The van der Waals surface area contributed by atoms with Crippen molar-refractivity contribution in [2.75, 3.05) is 0 Å². The molecule has 2 aromatic rings. The van der Waals surface area contributed by atoms with Crippen molar-refractivity contribution in [3.05, 3.63) is 69.7 Å². The minimum atomic E-state index is 0.412. The second-order valence-corrected chi connectivity index (χ2v) is 6.91. The molecule has 0 aromatic heterocycles. The highest BCUT2D eigenvalue weighted by Gasteiger charge is 2.12. The van der Waals surface area contributed by atoms with Gasteiger partial charge in [0, 0.05) is 17.1 Å². The van der Waals surface area contributed by atoms with Gasteiger partial charge in [-0.3, -0.25) is 0 Å². The number of nitrogens with one attached hydrogen (secondary N) is 1. The maximum absolute atomic E-state index is 3.72. The van der Waals surface area contributed by atoms with Gasteiger partial charge in [0.1, 0.15) is 0 Å². The number of rotatable bonds is 6. The summed E-state index contributed by atoms with van der Waals surface area (Å²) in [6.45, 7) is 7.60. The summed E-state index contributed by atoms with van der Waals surface area (Å²) in [6, 6.07) is 17.7. The summed E-state index contributed by atoms with van der Waals surface area (Å²) in [5.74, 6) is 0.675. The van der Waals surface area contributed by atoms with Crippen LogP contribution in [0.4, 0.5) is 0 Å². The van der Waals surface area contributed by atoms with Gasteiger partial charge in [0.05, 0.1) is 0 Å². The van der Waals surface area contributed by atoms with E-state index in [0.29, 0.717) is 12.0 Å². The Bertz CT molecular complexity index is 563. The van der Waals surface area contributed by atoms with Crippen LogP contribution in [-0.2, 0) is 6.54 Å². The molecule has 0 fully saturated rings. The molecule has 2 aromatic carbocycles. The van der Waals surface area contributed by atoms with Gasteiger partial charge in [-0.1, -0.05) is 72.2 Å². The van der Waals surface area contributed by atoms with E-state index >= 15 is 0 Å². The minimum Gasteiger partial charge on any atom is -0.306 e. The molecule has 1 N–H and O–H groups in total. The number of hydrogen-bond acceptors (Lipinski definition) is 1. The summed E-state index contributed by atoms with van der Waals surface area (Å²) >= 11 is 3.56. The van der Waals surface area contributed by atoms with E-state index in [1.54, 1.807) is 0 Å². The van der Waals surface area contributed by atoms with Gasteiger partial charge in [0.25, 0.3) is 0 Å². The summed E-state index contributed by atoms with van der Waals surface area (Å²) in [5, 5.41) is 3.72. The quantitative estimate of drug-likeness (QED) is 0.714. The molecule has 112 valence electrons. The molecule has 0 bridgehead atoms. The standard InChI is InChI=1S/C19H24BrN/c1-14(2)11-19(17-7-5-4-6-8-17)21-13-16-9-10-18(20)15(3)12-16/h4-10,12,14,19,21H,11,13H2,1-3H3. The lowest BCUT2D eigenvalue weighted by Crippen LogP contribution is -2.22. The van der Waals surface area contributed by atoms with Crippen LogP contribution in [-0.4, -0.2) is 0 Å². The second-order valence-electron chi connectivity index (χ2n) is 6.06. The average Bonchev–Trinajstić information content (AvgIpc) is 2.47. The van der Waals surface area contributed by atoms with Crippen molar-refractivity contribution in [2.24, 2.45) is 5.92 Å². The highest BCUT2D eigenvalue weighted by Crippen LogP contribution is 2.22. The smallest absolute Gasteiger partial charge is 0.0325 e. The number of aryl methyl sites for hydroxylation is 1. The Balaban J connectivity index is 2.07. The lowest BCUT2D eigenvalue weighted by molar-refractivity contribution is 0.428. The molecule has 2 heteroatoms.